The molecular formula is C9H16N5O4P. The molecule has 0 saturated carbocycles. The Morgan fingerprint density at radius 3 is 3.11 bits per heavy atom. The number of rotatable bonds is 5. The lowest BCUT2D eigenvalue weighted by Crippen LogP contribution is -2.25. The van der Waals surface area contributed by atoms with Gasteiger partial charge in [0.2, 0.25) is 0 Å². The van der Waals surface area contributed by atoms with Crippen LogP contribution in [0.1, 0.15) is 12.6 Å². The maximum absolute atomic E-state index is 10.7. The SMILES string of the molecule is CC(Cn1cnc2c1NCN=C2N)OCP(=O)(O)O. The predicted octanol–water partition coefficient (Wildman–Crippen LogP) is -0.488. The molecule has 0 spiro atoms. The molecule has 1 unspecified atom stereocenters. The number of ether oxygens (including phenoxy) is 1. The Bertz CT molecular complexity index is 537. The smallest absolute Gasteiger partial charge is 0.350 e. The number of hydrogen-bond acceptors (Lipinski definition) is 6. The van der Waals surface area contributed by atoms with Crippen molar-refractivity contribution in [3.05, 3.63) is 12.0 Å². The Hall–Kier alpha value is -1.41. The summed E-state index contributed by atoms with van der Waals surface area (Å²) in [7, 11) is -4.14. The highest BCUT2D eigenvalue weighted by Crippen LogP contribution is 2.34. The first-order valence-electron chi connectivity index (χ1n) is 5.62. The van der Waals surface area contributed by atoms with E-state index in [1.165, 1.54) is 0 Å². The molecule has 1 atom stereocenters. The van der Waals surface area contributed by atoms with Crippen molar-refractivity contribution >= 4 is 19.2 Å². The molecule has 0 saturated heterocycles. The van der Waals surface area contributed by atoms with Crippen LogP contribution in [-0.2, 0) is 15.8 Å². The molecular weight excluding hydrogens is 273 g/mol. The summed E-state index contributed by atoms with van der Waals surface area (Å²) in [5, 5.41) is 3.04. The molecule has 10 heteroatoms. The van der Waals surface area contributed by atoms with Crippen molar-refractivity contribution in [3.8, 4) is 0 Å². The maximum atomic E-state index is 10.7. The van der Waals surface area contributed by atoms with E-state index in [1.54, 1.807) is 17.8 Å². The lowest BCUT2D eigenvalue weighted by Gasteiger charge is -2.18. The van der Waals surface area contributed by atoms with Gasteiger partial charge in [-0.3, -0.25) is 4.57 Å². The minimum absolute atomic E-state index is 0.368. The molecule has 1 aliphatic heterocycles. The summed E-state index contributed by atoms with van der Waals surface area (Å²) >= 11 is 0. The monoisotopic (exact) mass is 289 g/mol. The first-order chi connectivity index (χ1) is 8.87. The van der Waals surface area contributed by atoms with E-state index in [0.29, 0.717) is 24.7 Å². The summed E-state index contributed by atoms with van der Waals surface area (Å²) in [4.78, 5) is 25.6. The topological polar surface area (TPSA) is 135 Å². The summed E-state index contributed by atoms with van der Waals surface area (Å²) in [6.45, 7) is 2.51. The molecule has 0 amide bonds. The van der Waals surface area contributed by atoms with Gasteiger partial charge in [0.1, 0.15) is 30.4 Å². The van der Waals surface area contributed by atoms with Gasteiger partial charge in [-0.05, 0) is 6.92 Å². The van der Waals surface area contributed by atoms with Crippen molar-refractivity contribution in [1.29, 1.82) is 0 Å². The van der Waals surface area contributed by atoms with Crippen LogP contribution in [-0.4, -0.2) is 44.3 Å². The van der Waals surface area contributed by atoms with E-state index in [9.17, 15) is 4.57 Å². The zero-order valence-electron chi connectivity index (χ0n) is 10.4. The van der Waals surface area contributed by atoms with Gasteiger partial charge in [0.05, 0.1) is 19.0 Å². The highest BCUT2D eigenvalue weighted by atomic mass is 31.2. The van der Waals surface area contributed by atoms with Crippen LogP contribution in [0.2, 0.25) is 0 Å². The lowest BCUT2D eigenvalue weighted by molar-refractivity contribution is 0.0761. The van der Waals surface area contributed by atoms with Crippen LogP contribution in [0.25, 0.3) is 0 Å². The van der Waals surface area contributed by atoms with Crippen molar-refractivity contribution in [2.45, 2.75) is 19.6 Å². The number of fused-ring (bicyclic) bond motifs is 1. The Labute approximate surface area is 109 Å². The molecule has 1 aliphatic rings. The fraction of sp³-hybridized carbons (Fsp3) is 0.556. The average molecular weight is 289 g/mol. The lowest BCUT2D eigenvalue weighted by atomic mass is 10.3. The van der Waals surface area contributed by atoms with Crippen molar-refractivity contribution in [1.82, 2.24) is 9.55 Å². The van der Waals surface area contributed by atoms with Gasteiger partial charge in [-0.1, -0.05) is 0 Å². The molecule has 0 aromatic carbocycles. The van der Waals surface area contributed by atoms with Gasteiger partial charge >= 0.3 is 7.60 Å². The molecule has 0 bridgehead atoms. The molecule has 0 radical (unpaired) electrons. The van der Waals surface area contributed by atoms with Gasteiger partial charge in [0.15, 0.2) is 0 Å². The summed E-state index contributed by atoms with van der Waals surface area (Å²) in [5.41, 5.74) is 6.28. The van der Waals surface area contributed by atoms with E-state index in [4.69, 9.17) is 20.3 Å². The molecule has 9 nitrogen and oxygen atoms in total. The number of aromatic nitrogens is 2. The second-order valence-corrected chi connectivity index (χ2v) is 5.83. The van der Waals surface area contributed by atoms with Crippen molar-refractivity contribution in [2.24, 2.45) is 10.7 Å². The first kappa shape index (κ1) is 14.0. The molecule has 2 heterocycles. The number of nitrogens with one attached hydrogen (secondary N) is 1. The van der Waals surface area contributed by atoms with Crippen LogP contribution in [0.5, 0.6) is 0 Å². The fourth-order valence-electron chi connectivity index (χ4n) is 1.72. The van der Waals surface area contributed by atoms with Gasteiger partial charge in [-0.15, -0.1) is 0 Å². The molecule has 1 aromatic heterocycles. The van der Waals surface area contributed by atoms with Gasteiger partial charge in [0, 0.05) is 0 Å². The molecule has 106 valence electrons. The molecule has 5 N–H and O–H groups in total. The van der Waals surface area contributed by atoms with Crippen molar-refractivity contribution in [3.63, 3.8) is 0 Å². The van der Waals surface area contributed by atoms with E-state index >= 15 is 0 Å². The van der Waals surface area contributed by atoms with Gasteiger partial charge in [-0.25, -0.2) is 9.98 Å². The van der Waals surface area contributed by atoms with E-state index in [2.05, 4.69) is 15.3 Å². The maximum Gasteiger partial charge on any atom is 0.350 e. The Morgan fingerprint density at radius 1 is 1.68 bits per heavy atom. The number of anilines is 1. The molecule has 1 aromatic rings. The molecule has 0 fully saturated rings. The minimum Gasteiger partial charge on any atom is -0.382 e. The Morgan fingerprint density at radius 2 is 2.42 bits per heavy atom. The van der Waals surface area contributed by atoms with E-state index in [0.717, 1.165) is 5.82 Å². The number of amidine groups is 1. The van der Waals surface area contributed by atoms with Gasteiger partial charge < -0.3 is 30.1 Å². The van der Waals surface area contributed by atoms with E-state index < -0.39 is 13.9 Å². The van der Waals surface area contributed by atoms with E-state index in [-0.39, 0.29) is 6.10 Å². The normalized spacial score (nSPS) is 16.5. The second-order valence-electron chi connectivity index (χ2n) is 4.24. The van der Waals surface area contributed by atoms with Gasteiger partial charge in [-0.2, -0.15) is 0 Å². The Kier molecular flexibility index (Phi) is 3.91. The summed E-state index contributed by atoms with van der Waals surface area (Å²) in [5.74, 6) is 1.11. The summed E-state index contributed by atoms with van der Waals surface area (Å²) < 4.78 is 17.6. The average Bonchev–Trinajstić information content (AvgIpc) is 2.71. The largest absolute Gasteiger partial charge is 0.382 e. The highest BCUT2D eigenvalue weighted by molar-refractivity contribution is 7.51. The van der Waals surface area contributed by atoms with Crippen LogP contribution in [0, 0.1) is 0 Å². The first-order valence-corrected chi connectivity index (χ1v) is 7.42. The molecule has 2 rings (SSSR count). The van der Waals surface area contributed by atoms with E-state index in [1.807, 2.05) is 0 Å². The second kappa shape index (κ2) is 5.30. The fourth-order valence-corrected chi connectivity index (χ4v) is 2.17. The number of imidazole rings is 1. The molecule has 0 aliphatic carbocycles. The zero-order chi connectivity index (χ0) is 14.0. The van der Waals surface area contributed by atoms with Crippen LogP contribution in [0.3, 0.4) is 0 Å². The Balaban J connectivity index is 2.01. The minimum atomic E-state index is -4.14. The third-order valence-corrected chi connectivity index (χ3v) is 3.04. The third kappa shape index (κ3) is 3.54. The van der Waals surface area contributed by atoms with Crippen LogP contribution >= 0.6 is 7.60 Å². The standard InChI is InChI=1S/C9H16N5O4P/c1-6(18-5-19(15,16)17)2-14-4-13-7-8(10)11-3-12-9(7)14/h4,6,12H,2-3,5H2,1H3,(H2,10,11)(H2,15,16,17). The van der Waals surface area contributed by atoms with Crippen LogP contribution in [0.4, 0.5) is 5.82 Å². The number of aliphatic imine (C=N–C) groups is 1. The quantitative estimate of drug-likeness (QED) is 0.537. The van der Waals surface area contributed by atoms with Crippen molar-refractivity contribution < 1.29 is 19.1 Å². The molecule has 19 heavy (non-hydrogen) atoms. The van der Waals surface area contributed by atoms with Crippen LogP contribution in [0.15, 0.2) is 11.3 Å². The van der Waals surface area contributed by atoms with Gasteiger partial charge in [0.25, 0.3) is 0 Å². The highest BCUT2D eigenvalue weighted by Gasteiger charge is 2.20. The summed E-state index contributed by atoms with van der Waals surface area (Å²) in [6, 6.07) is 0. The predicted molar refractivity (Wildman–Crippen MR) is 68.9 cm³/mol. The zero-order valence-corrected chi connectivity index (χ0v) is 11.2. The number of nitrogens with zero attached hydrogens (tertiary/aromatic N) is 3. The number of hydrogen-bond donors (Lipinski definition) is 4. The van der Waals surface area contributed by atoms with Crippen LogP contribution < -0.4 is 11.1 Å². The van der Waals surface area contributed by atoms with Crippen molar-refractivity contribution in [2.75, 3.05) is 18.3 Å². The number of nitrogens with two attached hydrogens (primary N) is 1. The third-order valence-electron chi connectivity index (χ3n) is 2.56. The summed E-state index contributed by atoms with van der Waals surface area (Å²) in [6.07, 6.45) is 0.623.